The van der Waals surface area contributed by atoms with Gasteiger partial charge in [0.25, 0.3) is 0 Å². The molecule has 0 saturated carbocycles. The summed E-state index contributed by atoms with van der Waals surface area (Å²) < 4.78 is 16.8. The summed E-state index contributed by atoms with van der Waals surface area (Å²) in [6.45, 7) is 0.708. The minimum atomic E-state index is -0.898. The molecule has 0 aliphatic rings. The Hall–Kier alpha value is -3.06. The first-order valence-corrected chi connectivity index (χ1v) is 9.19. The number of carboxylic acid groups (broad SMARTS) is 1. The van der Waals surface area contributed by atoms with E-state index in [1.807, 2.05) is 48.5 Å². The highest BCUT2D eigenvalue weighted by Crippen LogP contribution is 2.32. The van der Waals surface area contributed by atoms with Crippen molar-refractivity contribution >= 4 is 17.3 Å². The van der Waals surface area contributed by atoms with Gasteiger partial charge in [-0.2, -0.15) is 0 Å². The molecule has 0 aliphatic carbocycles. The molecule has 2 aromatic carbocycles. The Kier molecular flexibility index (Phi) is 6.27. The number of rotatable bonds is 9. The zero-order chi connectivity index (χ0) is 19.1. The van der Waals surface area contributed by atoms with Crippen molar-refractivity contribution < 1.29 is 24.1 Å². The van der Waals surface area contributed by atoms with Crippen molar-refractivity contribution in [1.29, 1.82) is 0 Å². The normalized spacial score (nSPS) is 10.4. The number of benzene rings is 2. The number of carbonyl (C=O) groups is 1. The SMILES string of the molecule is COc1ccccc1OCCOc1ccccc1-c1nc(CC(=O)O)cs1. The van der Waals surface area contributed by atoms with Crippen LogP contribution in [0.4, 0.5) is 0 Å². The molecule has 3 aromatic rings. The van der Waals surface area contributed by atoms with E-state index in [0.717, 1.165) is 10.6 Å². The van der Waals surface area contributed by atoms with E-state index in [1.54, 1.807) is 12.5 Å². The molecule has 0 bridgehead atoms. The van der Waals surface area contributed by atoms with Crippen LogP contribution >= 0.6 is 11.3 Å². The molecule has 0 unspecified atom stereocenters. The van der Waals surface area contributed by atoms with E-state index in [4.69, 9.17) is 19.3 Å². The Labute approximate surface area is 161 Å². The van der Waals surface area contributed by atoms with Crippen molar-refractivity contribution in [3.8, 4) is 27.8 Å². The van der Waals surface area contributed by atoms with Crippen LogP contribution in [0.3, 0.4) is 0 Å². The van der Waals surface area contributed by atoms with E-state index < -0.39 is 5.97 Å². The first-order chi connectivity index (χ1) is 13.2. The zero-order valence-electron chi connectivity index (χ0n) is 14.8. The number of aliphatic carboxylic acids is 1. The molecule has 6 nitrogen and oxygen atoms in total. The molecular formula is C20H19NO5S. The summed E-state index contributed by atoms with van der Waals surface area (Å²) in [5, 5.41) is 11.4. The van der Waals surface area contributed by atoms with Crippen LogP contribution in [0.15, 0.2) is 53.9 Å². The van der Waals surface area contributed by atoms with Crippen LogP contribution in [0.2, 0.25) is 0 Å². The molecule has 27 heavy (non-hydrogen) atoms. The van der Waals surface area contributed by atoms with Gasteiger partial charge in [0.05, 0.1) is 24.8 Å². The predicted octanol–water partition coefficient (Wildman–Crippen LogP) is 3.90. The minimum absolute atomic E-state index is 0.0910. The van der Waals surface area contributed by atoms with Crippen molar-refractivity contribution in [2.75, 3.05) is 20.3 Å². The molecule has 0 aliphatic heterocycles. The number of aromatic nitrogens is 1. The van der Waals surface area contributed by atoms with Gasteiger partial charge in [-0.15, -0.1) is 11.3 Å². The lowest BCUT2D eigenvalue weighted by Crippen LogP contribution is -2.10. The Balaban J connectivity index is 1.63. The summed E-state index contributed by atoms with van der Waals surface area (Å²) in [7, 11) is 1.60. The highest BCUT2D eigenvalue weighted by molar-refractivity contribution is 7.13. The van der Waals surface area contributed by atoms with Gasteiger partial charge in [-0.25, -0.2) is 4.98 Å². The van der Waals surface area contributed by atoms with Crippen LogP contribution in [0.1, 0.15) is 5.69 Å². The smallest absolute Gasteiger partial charge is 0.309 e. The van der Waals surface area contributed by atoms with Crippen LogP contribution in [0, 0.1) is 0 Å². The lowest BCUT2D eigenvalue weighted by Gasteiger charge is -2.12. The molecule has 1 heterocycles. The number of nitrogens with zero attached hydrogens (tertiary/aromatic N) is 1. The summed E-state index contributed by atoms with van der Waals surface area (Å²) in [6.07, 6.45) is -0.0910. The monoisotopic (exact) mass is 385 g/mol. The highest BCUT2D eigenvalue weighted by Gasteiger charge is 2.12. The largest absolute Gasteiger partial charge is 0.493 e. The van der Waals surface area contributed by atoms with Crippen molar-refractivity contribution in [3.05, 3.63) is 59.6 Å². The number of ether oxygens (including phenoxy) is 3. The lowest BCUT2D eigenvalue weighted by molar-refractivity contribution is -0.136. The summed E-state index contributed by atoms with van der Waals surface area (Å²) >= 11 is 1.40. The molecule has 0 saturated heterocycles. The Morgan fingerprint density at radius 1 is 1.00 bits per heavy atom. The zero-order valence-corrected chi connectivity index (χ0v) is 15.6. The lowest BCUT2D eigenvalue weighted by atomic mass is 10.2. The van der Waals surface area contributed by atoms with Crippen molar-refractivity contribution in [3.63, 3.8) is 0 Å². The molecule has 1 N–H and O–H groups in total. The molecule has 0 spiro atoms. The van der Waals surface area contributed by atoms with Crippen LogP contribution in [0.5, 0.6) is 17.2 Å². The maximum absolute atomic E-state index is 10.8. The maximum Gasteiger partial charge on any atom is 0.309 e. The van der Waals surface area contributed by atoms with Gasteiger partial charge in [0.1, 0.15) is 24.0 Å². The molecule has 140 valence electrons. The second-order valence-electron chi connectivity index (χ2n) is 5.56. The molecule has 0 amide bonds. The van der Waals surface area contributed by atoms with Crippen molar-refractivity contribution in [1.82, 2.24) is 4.98 Å². The van der Waals surface area contributed by atoms with E-state index in [2.05, 4.69) is 4.98 Å². The standard InChI is InChI=1S/C20H19NO5S/c1-24-17-8-4-5-9-18(17)26-11-10-25-16-7-3-2-6-15(16)20-21-14(13-27-20)12-19(22)23/h2-9,13H,10-12H2,1H3,(H,22,23). The molecule has 7 heteroatoms. The number of para-hydroxylation sites is 3. The predicted molar refractivity (Wildman–Crippen MR) is 103 cm³/mol. The second-order valence-corrected chi connectivity index (χ2v) is 6.42. The average Bonchev–Trinajstić information content (AvgIpc) is 3.13. The van der Waals surface area contributed by atoms with Gasteiger partial charge in [0.2, 0.25) is 0 Å². The van der Waals surface area contributed by atoms with E-state index >= 15 is 0 Å². The molecule has 3 rings (SSSR count). The first kappa shape index (κ1) is 18.7. The Bertz CT molecular complexity index is 909. The quantitative estimate of drug-likeness (QED) is 0.563. The number of hydrogen-bond acceptors (Lipinski definition) is 6. The van der Waals surface area contributed by atoms with Gasteiger partial charge in [0, 0.05) is 5.38 Å². The van der Waals surface area contributed by atoms with E-state index in [9.17, 15) is 4.79 Å². The number of thiazole rings is 1. The van der Waals surface area contributed by atoms with Gasteiger partial charge < -0.3 is 19.3 Å². The van der Waals surface area contributed by atoms with Crippen molar-refractivity contribution in [2.24, 2.45) is 0 Å². The van der Waals surface area contributed by atoms with Crippen LogP contribution in [-0.4, -0.2) is 36.4 Å². The third-order valence-electron chi connectivity index (χ3n) is 3.67. The third kappa shape index (κ3) is 4.98. The van der Waals surface area contributed by atoms with Gasteiger partial charge in [0.15, 0.2) is 11.5 Å². The highest BCUT2D eigenvalue weighted by atomic mass is 32.1. The van der Waals surface area contributed by atoms with Crippen LogP contribution < -0.4 is 14.2 Å². The summed E-state index contributed by atoms with van der Waals surface area (Å²) in [4.78, 5) is 15.2. The molecule has 0 atom stereocenters. The fourth-order valence-electron chi connectivity index (χ4n) is 2.48. The molecule has 1 aromatic heterocycles. The molecule has 0 radical (unpaired) electrons. The van der Waals surface area contributed by atoms with Gasteiger partial charge in [-0.05, 0) is 24.3 Å². The van der Waals surface area contributed by atoms with Crippen LogP contribution in [0.25, 0.3) is 10.6 Å². The number of hydrogen-bond donors (Lipinski definition) is 1. The Morgan fingerprint density at radius 2 is 1.63 bits per heavy atom. The van der Waals surface area contributed by atoms with Gasteiger partial charge in [-0.1, -0.05) is 24.3 Å². The third-order valence-corrected chi connectivity index (χ3v) is 4.59. The summed E-state index contributed by atoms with van der Waals surface area (Å²) in [5.74, 6) is 1.11. The Morgan fingerprint density at radius 3 is 2.33 bits per heavy atom. The van der Waals surface area contributed by atoms with E-state index in [0.29, 0.717) is 36.2 Å². The maximum atomic E-state index is 10.8. The average molecular weight is 385 g/mol. The summed E-state index contributed by atoms with van der Waals surface area (Å²) in [5.41, 5.74) is 1.37. The molecular weight excluding hydrogens is 366 g/mol. The number of carboxylic acids is 1. The van der Waals surface area contributed by atoms with Gasteiger partial charge >= 0.3 is 5.97 Å². The van der Waals surface area contributed by atoms with E-state index in [1.165, 1.54) is 11.3 Å². The second kappa shape index (κ2) is 9.05. The van der Waals surface area contributed by atoms with Gasteiger partial charge in [-0.3, -0.25) is 4.79 Å². The fourth-order valence-corrected chi connectivity index (χ4v) is 3.33. The fraction of sp³-hybridized carbons (Fsp3) is 0.200. The van der Waals surface area contributed by atoms with E-state index in [-0.39, 0.29) is 6.42 Å². The van der Waals surface area contributed by atoms with Crippen molar-refractivity contribution in [2.45, 2.75) is 6.42 Å². The number of methoxy groups -OCH3 is 1. The topological polar surface area (TPSA) is 77.9 Å². The summed E-state index contributed by atoms with van der Waals surface area (Å²) in [6, 6.07) is 15.0. The molecule has 0 fully saturated rings. The minimum Gasteiger partial charge on any atom is -0.493 e. The van der Waals surface area contributed by atoms with Crippen LogP contribution in [-0.2, 0) is 11.2 Å². The first-order valence-electron chi connectivity index (χ1n) is 8.31.